The number of hydrogen-bond acceptors (Lipinski definition) is 5. The Labute approximate surface area is 181 Å². The highest BCUT2D eigenvalue weighted by Crippen LogP contribution is 2.22. The van der Waals surface area contributed by atoms with Crippen LogP contribution in [0.3, 0.4) is 0 Å². The van der Waals surface area contributed by atoms with Gasteiger partial charge < -0.3 is 19.5 Å². The summed E-state index contributed by atoms with van der Waals surface area (Å²) in [5.41, 5.74) is 1.86. The van der Waals surface area contributed by atoms with Crippen LogP contribution < -0.4 is 14.8 Å². The van der Waals surface area contributed by atoms with Gasteiger partial charge in [-0.05, 0) is 58.7 Å². The van der Waals surface area contributed by atoms with Crippen LogP contribution >= 0.6 is 0 Å². The maximum Gasteiger partial charge on any atom is 0.331 e. The van der Waals surface area contributed by atoms with Crippen molar-refractivity contribution in [3.05, 3.63) is 77.9 Å². The van der Waals surface area contributed by atoms with Gasteiger partial charge in [-0.2, -0.15) is 0 Å². The molecule has 160 valence electrons. The molecule has 0 fully saturated rings. The van der Waals surface area contributed by atoms with Crippen LogP contribution in [0.5, 0.6) is 11.5 Å². The van der Waals surface area contributed by atoms with E-state index in [4.69, 9.17) is 14.2 Å². The molecule has 0 saturated carbocycles. The Hall–Kier alpha value is -3.80. The molecule has 0 radical (unpaired) electrons. The molecule has 0 saturated heterocycles. The first-order chi connectivity index (χ1) is 15.1. The number of carbonyl (C=O) groups excluding carboxylic acids is 2. The summed E-state index contributed by atoms with van der Waals surface area (Å²) in [6.07, 6.45) is 3.59. The summed E-state index contributed by atoms with van der Waals surface area (Å²) in [5.74, 6) is 0.646. The Bertz CT molecular complexity index is 1090. The standard InChI is InChI=1S/C25H25NO5/c1-29-22-11-10-20-15-18(7-9-21(20)16-22)8-12-25(28)31-17-24(27)26-14-13-19-5-3-4-6-23(19)30-2/h3-12,15-16H,13-14,17H2,1-2H3,(H,26,27)/b12-8+. The number of fused-ring (bicyclic) bond motifs is 1. The van der Waals surface area contributed by atoms with Gasteiger partial charge in [0, 0.05) is 12.6 Å². The van der Waals surface area contributed by atoms with Crippen molar-refractivity contribution in [2.75, 3.05) is 27.4 Å². The first kappa shape index (κ1) is 21.9. The maximum atomic E-state index is 11.9. The zero-order chi connectivity index (χ0) is 22.1. The Morgan fingerprint density at radius 1 is 0.935 bits per heavy atom. The van der Waals surface area contributed by atoms with E-state index >= 15 is 0 Å². The number of hydrogen-bond donors (Lipinski definition) is 1. The maximum absolute atomic E-state index is 11.9. The molecule has 0 aliphatic rings. The molecule has 0 aliphatic carbocycles. The molecule has 6 heteroatoms. The fourth-order valence-electron chi connectivity index (χ4n) is 3.12. The molecule has 0 atom stereocenters. The molecule has 0 aliphatic heterocycles. The third-order valence-corrected chi connectivity index (χ3v) is 4.74. The lowest BCUT2D eigenvalue weighted by molar-refractivity contribution is -0.143. The Morgan fingerprint density at radius 3 is 2.52 bits per heavy atom. The van der Waals surface area contributed by atoms with Crippen molar-refractivity contribution < 1.29 is 23.8 Å². The van der Waals surface area contributed by atoms with Crippen LogP contribution in [0.4, 0.5) is 0 Å². The summed E-state index contributed by atoms with van der Waals surface area (Å²) < 4.78 is 15.5. The second kappa shape index (κ2) is 10.8. The fourth-order valence-corrected chi connectivity index (χ4v) is 3.12. The normalized spacial score (nSPS) is 10.8. The summed E-state index contributed by atoms with van der Waals surface area (Å²) in [6, 6.07) is 19.2. The number of nitrogens with one attached hydrogen (secondary N) is 1. The summed E-state index contributed by atoms with van der Waals surface area (Å²) in [6.45, 7) is 0.0983. The topological polar surface area (TPSA) is 73.9 Å². The molecule has 31 heavy (non-hydrogen) atoms. The quantitative estimate of drug-likeness (QED) is 0.422. The van der Waals surface area contributed by atoms with Gasteiger partial charge in [-0.15, -0.1) is 0 Å². The van der Waals surface area contributed by atoms with Gasteiger partial charge in [0.15, 0.2) is 6.61 Å². The molecule has 1 amide bonds. The van der Waals surface area contributed by atoms with Gasteiger partial charge in [0.2, 0.25) is 0 Å². The minimum Gasteiger partial charge on any atom is -0.497 e. The SMILES string of the molecule is COc1ccc2cc(/C=C/C(=O)OCC(=O)NCCc3ccccc3OC)ccc2c1. The van der Waals surface area contributed by atoms with Gasteiger partial charge in [0.25, 0.3) is 5.91 Å². The molecule has 0 heterocycles. The molecule has 0 aromatic heterocycles. The van der Waals surface area contributed by atoms with Crippen molar-refractivity contribution in [1.29, 1.82) is 0 Å². The summed E-state index contributed by atoms with van der Waals surface area (Å²) >= 11 is 0. The lowest BCUT2D eigenvalue weighted by Crippen LogP contribution is -2.30. The smallest absolute Gasteiger partial charge is 0.331 e. The van der Waals surface area contributed by atoms with Crippen molar-refractivity contribution in [3.63, 3.8) is 0 Å². The van der Waals surface area contributed by atoms with Crippen LogP contribution in [0.15, 0.2) is 66.7 Å². The fraction of sp³-hybridized carbons (Fsp3) is 0.200. The molecule has 0 bridgehead atoms. The van der Waals surface area contributed by atoms with Crippen LogP contribution in [-0.4, -0.2) is 39.2 Å². The second-order valence-electron chi connectivity index (χ2n) is 6.83. The van der Waals surface area contributed by atoms with Crippen LogP contribution in [0.25, 0.3) is 16.8 Å². The van der Waals surface area contributed by atoms with Crippen LogP contribution in [-0.2, 0) is 20.7 Å². The van der Waals surface area contributed by atoms with Crippen LogP contribution in [0, 0.1) is 0 Å². The van der Waals surface area contributed by atoms with Gasteiger partial charge in [-0.1, -0.05) is 36.4 Å². The minimum atomic E-state index is -0.574. The van der Waals surface area contributed by atoms with Crippen molar-refractivity contribution in [3.8, 4) is 11.5 Å². The number of rotatable bonds is 9. The number of amides is 1. The average molecular weight is 419 g/mol. The molecule has 3 rings (SSSR count). The highest BCUT2D eigenvalue weighted by atomic mass is 16.5. The summed E-state index contributed by atoms with van der Waals surface area (Å²) in [4.78, 5) is 23.8. The first-order valence-corrected chi connectivity index (χ1v) is 9.90. The van der Waals surface area contributed by atoms with E-state index in [1.807, 2.05) is 60.7 Å². The largest absolute Gasteiger partial charge is 0.497 e. The molecule has 0 unspecified atom stereocenters. The van der Waals surface area contributed by atoms with Gasteiger partial charge >= 0.3 is 5.97 Å². The highest BCUT2D eigenvalue weighted by molar-refractivity contribution is 5.91. The first-order valence-electron chi connectivity index (χ1n) is 9.90. The Balaban J connectivity index is 1.44. The molecular weight excluding hydrogens is 394 g/mol. The van der Waals surface area contributed by atoms with E-state index in [1.165, 1.54) is 6.08 Å². The van der Waals surface area contributed by atoms with Crippen LogP contribution in [0.1, 0.15) is 11.1 Å². The van der Waals surface area contributed by atoms with Gasteiger partial charge in [0.05, 0.1) is 14.2 Å². The number of benzene rings is 3. The molecular formula is C25H25NO5. The molecule has 3 aromatic rings. The average Bonchev–Trinajstić information content (AvgIpc) is 2.81. The predicted molar refractivity (Wildman–Crippen MR) is 120 cm³/mol. The zero-order valence-electron chi connectivity index (χ0n) is 17.6. The number of methoxy groups -OCH3 is 2. The van der Waals surface area contributed by atoms with E-state index in [2.05, 4.69) is 5.32 Å². The highest BCUT2D eigenvalue weighted by Gasteiger charge is 2.06. The summed E-state index contributed by atoms with van der Waals surface area (Å²) in [7, 11) is 3.24. The Kier molecular flexibility index (Phi) is 7.65. The number of para-hydroxylation sites is 1. The van der Waals surface area contributed by atoms with E-state index in [1.54, 1.807) is 20.3 Å². The van der Waals surface area contributed by atoms with Gasteiger partial charge in [0.1, 0.15) is 11.5 Å². The zero-order valence-corrected chi connectivity index (χ0v) is 17.6. The Morgan fingerprint density at radius 2 is 1.71 bits per heavy atom. The lowest BCUT2D eigenvalue weighted by atomic mass is 10.1. The van der Waals surface area contributed by atoms with E-state index in [0.717, 1.165) is 33.4 Å². The third-order valence-electron chi connectivity index (χ3n) is 4.74. The molecule has 3 aromatic carbocycles. The van der Waals surface area contributed by atoms with E-state index in [0.29, 0.717) is 13.0 Å². The lowest BCUT2D eigenvalue weighted by Gasteiger charge is -2.09. The van der Waals surface area contributed by atoms with Crippen LogP contribution in [0.2, 0.25) is 0 Å². The van der Waals surface area contributed by atoms with Crippen molar-refractivity contribution in [2.45, 2.75) is 6.42 Å². The van der Waals surface area contributed by atoms with Crippen molar-refractivity contribution >= 4 is 28.7 Å². The molecule has 0 spiro atoms. The van der Waals surface area contributed by atoms with E-state index in [9.17, 15) is 9.59 Å². The second-order valence-corrected chi connectivity index (χ2v) is 6.83. The number of carbonyl (C=O) groups is 2. The predicted octanol–water partition coefficient (Wildman–Crippen LogP) is 3.77. The van der Waals surface area contributed by atoms with Crippen molar-refractivity contribution in [1.82, 2.24) is 5.32 Å². The van der Waals surface area contributed by atoms with Crippen molar-refractivity contribution in [2.24, 2.45) is 0 Å². The van der Waals surface area contributed by atoms with Gasteiger partial charge in [-0.3, -0.25) is 4.79 Å². The minimum absolute atomic E-state index is 0.327. The summed E-state index contributed by atoms with van der Waals surface area (Å²) in [5, 5.41) is 4.81. The molecule has 6 nitrogen and oxygen atoms in total. The van der Waals surface area contributed by atoms with E-state index in [-0.39, 0.29) is 12.5 Å². The van der Waals surface area contributed by atoms with E-state index < -0.39 is 5.97 Å². The third kappa shape index (κ3) is 6.34. The number of ether oxygens (including phenoxy) is 3. The number of esters is 1. The molecule has 1 N–H and O–H groups in total. The monoisotopic (exact) mass is 419 g/mol. The van der Waals surface area contributed by atoms with Gasteiger partial charge in [-0.25, -0.2) is 4.79 Å².